The summed E-state index contributed by atoms with van der Waals surface area (Å²) < 4.78 is 0.942. The van der Waals surface area contributed by atoms with Gasteiger partial charge in [-0.3, -0.25) is 9.89 Å². The Hall–Kier alpha value is -2.61. The van der Waals surface area contributed by atoms with Gasteiger partial charge in [0.1, 0.15) is 6.20 Å². The quantitative estimate of drug-likeness (QED) is 0.640. The maximum atomic E-state index is 11.5. The number of nitrogens with one attached hydrogen (secondary N) is 1. The second-order valence-corrected chi connectivity index (χ2v) is 3.85. The van der Waals surface area contributed by atoms with Crippen molar-refractivity contribution in [3.63, 3.8) is 0 Å². The summed E-state index contributed by atoms with van der Waals surface area (Å²) in [6.07, 6.45) is 2.28. The van der Waals surface area contributed by atoms with Crippen LogP contribution in [0.1, 0.15) is 15.9 Å². The second kappa shape index (κ2) is 5.36. The third-order valence-electron chi connectivity index (χ3n) is 2.24. The topological polar surface area (TPSA) is 100 Å². The smallest absolute Gasteiger partial charge is 0.336 e. The van der Waals surface area contributed by atoms with Gasteiger partial charge in [0, 0.05) is 5.56 Å². The Kier molecular flexibility index (Phi) is 3.62. The molecule has 1 heterocycles. The zero-order chi connectivity index (χ0) is 13.8. The predicted octanol–water partition coefficient (Wildman–Crippen LogP) is 0.881. The van der Waals surface area contributed by atoms with Gasteiger partial charge < -0.3 is 5.11 Å². The largest absolute Gasteiger partial charge is 0.478 e. The number of benzene rings is 1. The number of aromatic carboxylic acids is 1. The molecular weight excluding hydrogens is 268 g/mol. The molecule has 0 saturated heterocycles. The van der Waals surface area contributed by atoms with E-state index in [0.717, 1.165) is 10.9 Å². The van der Waals surface area contributed by atoms with Crippen molar-refractivity contribution in [2.24, 2.45) is 5.10 Å². The van der Waals surface area contributed by atoms with Gasteiger partial charge in [0.2, 0.25) is 4.77 Å². The van der Waals surface area contributed by atoms with E-state index >= 15 is 0 Å². The van der Waals surface area contributed by atoms with Gasteiger partial charge in [0.15, 0.2) is 0 Å². The Balaban J connectivity index is 2.47. The van der Waals surface area contributed by atoms with E-state index in [2.05, 4.69) is 15.3 Å². The molecule has 0 aliphatic carbocycles. The van der Waals surface area contributed by atoms with Crippen LogP contribution < -0.4 is 5.56 Å². The van der Waals surface area contributed by atoms with Crippen LogP contribution >= 0.6 is 12.2 Å². The number of aromatic nitrogens is 3. The van der Waals surface area contributed by atoms with Gasteiger partial charge in [-0.2, -0.15) is 14.9 Å². The van der Waals surface area contributed by atoms with Gasteiger partial charge in [0.25, 0.3) is 5.56 Å². The van der Waals surface area contributed by atoms with Crippen molar-refractivity contribution in [1.29, 1.82) is 0 Å². The maximum Gasteiger partial charge on any atom is 0.336 e. The van der Waals surface area contributed by atoms with Crippen molar-refractivity contribution in [3.8, 4) is 0 Å². The van der Waals surface area contributed by atoms with Crippen LogP contribution in [0.3, 0.4) is 0 Å². The number of carboxylic acids is 1. The van der Waals surface area contributed by atoms with Crippen molar-refractivity contribution in [2.75, 3.05) is 0 Å². The number of rotatable bonds is 3. The molecule has 2 N–H and O–H groups in total. The lowest BCUT2D eigenvalue weighted by molar-refractivity contribution is 0.0697. The zero-order valence-electron chi connectivity index (χ0n) is 9.48. The molecular formula is C11H8N4O3S. The molecule has 0 unspecified atom stereocenters. The molecule has 0 bridgehead atoms. The van der Waals surface area contributed by atoms with Crippen LogP contribution in [0.5, 0.6) is 0 Å². The highest BCUT2D eigenvalue weighted by atomic mass is 32.1. The molecule has 0 amide bonds. The van der Waals surface area contributed by atoms with E-state index in [0.29, 0.717) is 5.56 Å². The SMILES string of the molecule is O=C(O)c1ccccc1/C=N\n1c(=O)cn[nH]c1=S. The first-order chi connectivity index (χ1) is 9.09. The van der Waals surface area contributed by atoms with E-state index in [1.807, 2.05) is 0 Å². The Morgan fingerprint density at radius 3 is 2.89 bits per heavy atom. The summed E-state index contributed by atoms with van der Waals surface area (Å²) >= 11 is 4.85. The number of nitrogens with zero attached hydrogens (tertiary/aromatic N) is 3. The molecule has 0 aliphatic rings. The molecule has 1 aromatic heterocycles. The van der Waals surface area contributed by atoms with Crippen molar-refractivity contribution < 1.29 is 9.90 Å². The Morgan fingerprint density at radius 1 is 1.47 bits per heavy atom. The number of carbonyl (C=O) groups is 1. The number of hydrogen-bond donors (Lipinski definition) is 2. The summed E-state index contributed by atoms with van der Waals surface area (Å²) in [5, 5.41) is 18.8. The fraction of sp³-hybridized carbons (Fsp3) is 0. The predicted molar refractivity (Wildman–Crippen MR) is 70.1 cm³/mol. The lowest BCUT2D eigenvalue weighted by Gasteiger charge is -2.00. The van der Waals surface area contributed by atoms with Crippen molar-refractivity contribution >= 4 is 24.4 Å². The highest BCUT2D eigenvalue weighted by molar-refractivity contribution is 7.71. The zero-order valence-corrected chi connectivity index (χ0v) is 10.3. The highest BCUT2D eigenvalue weighted by Gasteiger charge is 2.06. The summed E-state index contributed by atoms with van der Waals surface area (Å²) in [6.45, 7) is 0. The normalized spacial score (nSPS) is 10.7. The monoisotopic (exact) mass is 276 g/mol. The molecule has 0 aliphatic heterocycles. The van der Waals surface area contributed by atoms with Gasteiger partial charge >= 0.3 is 5.97 Å². The lowest BCUT2D eigenvalue weighted by Crippen LogP contribution is -2.18. The average molecular weight is 276 g/mol. The summed E-state index contributed by atoms with van der Waals surface area (Å²) in [7, 11) is 0. The summed E-state index contributed by atoms with van der Waals surface area (Å²) in [5.41, 5.74) is -0.0517. The molecule has 2 aromatic rings. The summed E-state index contributed by atoms with van der Waals surface area (Å²) in [5.74, 6) is -1.07. The molecule has 7 nitrogen and oxygen atoms in total. The molecule has 0 radical (unpaired) electrons. The van der Waals surface area contributed by atoms with Crippen LogP contribution in [0.4, 0.5) is 0 Å². The fourth-order valence-corrected chi connectivity index (χ4v) is 1.57. The third kappa shape index (κ3) is 2.80. The van der Waals surface area contributed by atoms with Gasteiger partial charge in [-0.25, -0.2) is 4.79 Å². The molecule has 2 rings (SSSR count). The first-order valence-corrected chi connectivity index (χ1v) is 5.54. The van der Waals surface area contributed by atoms with Gasteiger partial charge in [0.05, 0.1) is 11.8 Å². The van der Waals surface area contributed by atoms with E-state index < -0.39 is 11.5 Å². The Labute approximate surface area is 111 Å². The molecule has 1 aromatic carbocycles. The number of carboxylic acid groups (broad SMARTS) is 1. The molecule has 0 atom stereocenters. The van der Waals surface area contributed by atoms with Gasteiger partial charge in [-0.15, -0.1) is 0 Å². The van der Waals surface area contributed by atoms with Crippen LogP contribution in [0, 0.1) is 4.77 Å². The number of H-pyrrole nitrogens is 1. The van der Waals surface area contributed by atoms with Crippen molar-refractivity contribution in [1.82, 2.24) is 14.9 Å². The third-order valence-corrected chi connectivity index (χ3v) is 2.50. The molecule has 0 fully saturated rings. The standard InChI is InChI=1S/C11H8N4O3S/c16-9-6-12-14-11(19)15(9)13-5-7-3-1-2-4-8(7)10(17)18/h1-6H,(H,14,19)(H,17,18)/b13-5-. The number of hydrogen-bond acceptors (Lipinski definition) is 5. The van der Waals surface area contributed by atoms with E-state index in [1.165, 1.54) is 12.3 Å². The van der Waals surface area contributed by atoms with Crippen LogP contribution in [0.25, 0.3) is 0 Å². The molecule has 8 heteroatoms. The molecule has 0 spiro atoms. The van der Waals surface area contributed by atoms with Gasteiger partial charge in [-0.05, 0) is 18.3 Å². The van der Waals surface area contributed by atoms with E-state index in [-0.39, 0.29) is 10.3 Å². The lowest BCUT2D eigenvalue weighted by atomic mass is 10.1. The van der Waals surface area contributed by atoms with Gasteiger partial charge in [-0.1, -0.05) is 18.2 Å². The minimum Gasteiger partial charge on any atom is -0.478 e. The minimum atomic E-state index is -1.07. The van der Waals surface area contributed by atoms with E-state index in [1.54, 1.807) is 18.2 Å². The number of aromatic amines is 1. The molecule has 0 saturated carbocycles. The first kappa shape index (κ1) is 12.8. The van der Waals surface area contributed by atoms with Crippen LogP contribution in [-0.4, -0.2) is 32.2 Å². The maximum absolute atomic E-state index is 11.5. The van der Waals surface area contributed by atoms with E-state index in [9.17, 15) is 9.59 Å². The minimum absolute atomic E-state index is 0.0246. The molecule has 19 heavy (non-hydrogen) atoms. The molecule has 96 valence electrons. The average Bonchev–Trinajstić information content (AvgIpc) is 2.38. The second-order valence-electron chi connectivity index (χ2n) is 3.46. The highest BCUT2D eigenvalue weighted by Crippen LogP contribution is 2.05. The summed E-state index contributed by atoms with van der Waals surface area (Å²) in [6, 6.07) is 6.29. The van der Waals surface area contributed by atoms with Crippen LogP contribution in [0.15, 0.2) is 40.4 Å². The first-order valence-electron chi connectivity index (χ1n) is 5.13. The Bertz CT molecular complexity index is 735. The van der Waals surface area contributed by atoms with Crippen LogP contribution in [-0.2, 0) is 0 Å². The fourth-order valence-electron chi connectivity index (χ4n) is 1.38. The van der Waals surface area contributed by atoms with Crippen molar-refractivity contribution in [3.05, 3.63) is 56.7 Å². The van der Waals surface area contributed by atoms with Crippen LogP contribution in [0.2, 0.25) is 0 Å². The summed E-state index contributed by atoms with van der Waals surface area (Å²) in [4.78, 5) is 22.5. The van der Waals surface area contributed by atoms with Crippen molar-refractivity contribution in [2.45, 2.75) is 0 Å². The van der Waals surface area contributed by atoms with E-state index in [4.69, 9.17) is 17.3 Å². The Morgan fingerprint density at radius 2 is 2.21 bits per heavy atom.